The number of aliphatic hydroxyl groups is 3. The monoisotopic (exact) mass is 1580 g/mol. The van der Waals surface area contributed by atoms with Crippen molar-refractivity contribution in [3.05, 3.63) is 0 Å². The van der Waals surface area contributed by atoms with E-state index in [1.807, 2.05) is 0 Å². The summed E-state index contributed by atoms with van der Waals surface area (Å²) in [5.41, 5.74) is 0. The molecule has 524 valence electrons. The molecule has 0 aliphatic heterocycles. The van der Waals surface area contributed by atoms with E-state index in [0.717, 1.165) is 0 Å². The molecule has 3 nitrogen and oxygen atoms in total. The van der Waals surface area contributed by atoms with Crippen molar-refractivity contribution in [3.63, 3.8) is 0 Å². The predicted octanol–water partition coefficient (Wildman–Crippen LogP) is 22.9. The van der Waals surface area contributed by atoms with E-state index in [9.17, 15) is 69.1 Å². The molecule has 83 heavy (non-hydrogen) atoms. The van der Waals surface area contributed by atoms with Crippen LogP contribution in [-0.4, -0.2) is 212 Å². The largest absolute Gasteiger partial charge is 2.00 e. The van der Waals surface area contributed by atoms with E-state index in [0.29, 0.717) is 63.4 Å². The van der Waals surface area contributed by atoms with Gasteiger partial charge >= 0.3 is 69.9 Å². The summed E-state index contributed by atoms with van der Waals surface area (Å²) in [7, 11) is -20.7. The van der Waals surface area contributed by atoms with Gasteiger partial charge in [-0.1, -0.05) is 111 Å². The number of halogens is 16. The van der Waals surface area contributed by atoms with E-state index >= 15 is 0 Å². The molecule has 0 bridgehead atoms. The molecule has 0 rings (SSSR count). The molecule has 0 radical (unpaired) electrons. The fourth-order valence-corrected chi connectivity index (χ4v) is 20.9. The SMILES string of the molecule is CCO.CCO.CCO.CCP(CC)CCCP(CC)CC.CCP(CC)CCCP(CC)CC.CCP(CC)CCCP(CC)CC.CCP(CC)CCCP(CC)CC.F[B-](F)(F)F.F[B-](F)(F)F.F[B-](F)(F)F.F[B-](F)(F)F.[Pd+2].[Pd+2]. The van der Waals surface area contributed by atoms with Gasteiger partial charge in [-0.3, -0.25) is 0 Å². The summed E-state index contributed by atoms with van der Waals surface area (Å²) in [5, 5.41) is 22.7. The Labute approximate surface area is 539 Å². The summed E-state index contributed by atoms with van der Waals surface area (Å²) in [6.45, 7) is 43.5. The van der Waals surface area contributed by atoms with Crippen LogP contribution in [0.1, 0.15) is 157 Å². The third-order valence-electron chi connectivity index (χ3n) is 11.0. The fraction of sp³-hybridized carbons (Fsp3) is 1.00. The summed E-state index contributed by atoms with van der Waals surface area (Å²) in [5.74, 6) is 0. The minimum atomic E-state index is -6.00. The Hall–Kier alpha value is 3.78. The number of aliphatic hydroxyl groups excluding tert-OH is 3. The standard InChI is InChI=1S/4C11H26P2.3C2H6O.4BF4.2Pd/c4*1-5-12(6-2)10-9-11-13(7-3)8-4;3*1-2-3;4*2-1(3,4)5;;/h4*5-11H2,1-4H3;3*3H,2H2,1H3;;;;;;/q;;;;;;;4*-1;2*+2. The van der Waals surface area contributed by atoms with Gasteiger partial charge in [-0.2, -0.15) is 0 Å². The molecule has 0 saturated carbocycles. The normalized spacial score (nSPS) is 10.8. The Morgan fingerprint density at radius 3 is 0.277 bits per heavy atom. The molecule has 0 aliphatic rings. The summed E-state index contributed by atoms with van der Waals surface area (Å²) in [4.78, 5) is 0. The minimum absolute atomic E-state index is 0. The minimum Gasteiger partial charge on any atom is -0.418 e. The molecule has 0 fully saturated rings. The first-order valence-corrected chi connectivity index (χ1v) is 44.6. The van der Waals surface area contributed by atoms with E-state index in [4.69, 9.17) is 15.3 Å². The van der Waals surface area contributed by atoms with Crippen molar-refractivity contribution in [2.45, 2.75) is 157 Å². The van der Waals surface area contributed by atoms with Gasteiger partial charge in [0.05, 0.1) is 0 Å². The summed E-state index contributed by atoms with van der Waals surface area (Å²) in [6, 6.07) is 0. The maximum absolute atomic E-state index is 9.75. The molecule has 0 amide bonds. The van der Waals surface area contributed by atoms with Crippen LogP contribution in [0.3, 0.4) is 0 Å². The number of rotatable bonds is 32. The first-order chi connectivity index (χ1) is 37.4. The maximum Gasteiger partial charge on any atom is 2.00 e. The molecule has 0 unspecified atom stereocenters. The molecule has 3 N–H and O–H groups in total. The van der Waals surface area contributed by atoms with E-state index in [1.165, 1.54) is 124 Å². The van der Waals surface area contributed by atoms with Crippen LogP contribution in [0.25, 0.3) is 0 Å². The third-order valence-corrected chi connectivity index (χ3v) is 32.9. The van der Waals surface area contributed by atoms with Gasteiger partial charge in [0.2, 0.25) is 0 Å². The second-order valence-electron chi connectivity index (χ2n) is 16.6. The Kier molecular flexibility index (Phi) is 127. The smallest absolute Gasteiger partial charge is 0.418 e. The van der Waals surface area contributed by atoms with Crippen LogP contribution in [0.15, 0.2) is 0 Å². The Morgan fingerprint density at radius 1 is 0.193 bits per heavy atom. The zero-order valence-corrected chi connectivity index (χ0v) is 65.1. The number of hydrogen-bond donors (Lipinski definition) is 3. The average molecular weight is 1580 g/mol. The average Bonchev–Trinajstić information content (AvgIpc) is 3.36. The Bertz CT molecular complexity index is 841. The first kappa shape index (κ1) is 117. The van der Waals surface area contributed by atoms with Crippen LogP contribution in [0.4, 0.5) is 69.1 Å². The molecule has 0 aromatic carbocycles. The van der Waals surface area contributed by atoms with Gasteiger partial charge in [0.1, 0.15) is 0 Å². The molecule has 33 heteroatoms. The zero-order valence-electron chi connectivity index (χ0n) is 54.8. The van der Waals surface area contributed by atoms with Gasteiger partial charge in [-0.05, 0) is 194 Å². The predicted molar refractivity (Wildman–Crippen MR) is 360 cm³/mol. The van der Waals surface area contributed by atoms with Crippen molar-refractivity contribution in [1.82, 2.24) is 0 Å². The van der Waals surface area contributed by atoms with Crippen molar-refractivity contribution in [2.24, 2.45) is 0 Å². The van der Waals surface area contributed by atoms with Crippen LogP contribution in [0, 0.1) is 0 Å². The van der Waals surface area contributed by atoms with E-state index in [-0.39, 0.29) is 60.7 Å². The molecule has 0 aromatic heterocycles. The fourth-order valence-electron chi connectivity index (χ4n) is 6.39. The molecule has 0 aliphatic carbocycles. The Balaban J connectivity index is -0.0000000615. The van der Waals surface area contributed by atoms with E-state index in [1.54, 1.807) is 70.1 Å². The summed E-state index contributed by atoms with van der Waals surface area (Å²) >= 11 is 0. The Morgan fingerprint density at radius 2 is 0.241 bits per heavy atom. The van der Waals surface area contributed by atoms with E-state index < -0.39 is 29.0 Å². The number of hydrogen-bond acceptors (Lipinski definition) is 3. The van der Waals surface area contributed by atoms with Crippen molar-refractivity contribution in [1.29, 1.82) is 0 Å². The van der Waals surface area contributed by atoms with Gasteiger partial charge in [-0.25, -0.2) is 0 Å². The van der Waals surface area contributed by atoms with Gasteiger partial charge in [0.25, 0.3) is 0 Å². The summed E-state index contributed by atoms with van der Waals surface area (Å²) in [6.07, 6.45) is 41.5. The molecule has 0 aromatic rings. The van der Waals surface area contributed by atoms with Crippen LogP contribution in [-0.2, 0) is 40.8 Å². The second-order valence-corrected chi connectivity index (χ2v) is 41.0. The second kappa shape index (κ2) is 90.0. The molecule has 0 spiro atoms. The van der Waals surface area contributed by atoms with E-state index in [2.05, 4.69) is 111 Å². The van der Waals surface area contributed by atoms with Crippen LogP contribution in [0.2, 0.25) is 0 Å². The van der Waals surface area contributed by atoms with Gasteiger partial charge in [0.15, 0.2) is 0 Å². The van der Waals surface area contributed by atoms with Gasteiger partial charge in [0, 0.05) is 19.8 Å². The maximum atomic E-state index is 9.75. The summed E-state index contributed by atoms with van der Waals surface area (Å²) < 4.78 is 156. The molecule has 0 heterocycles. The van der Waals surface area contributed by atoms with Gasteiger partial charge in [-0.15, -0.1) is 63.4 Å². The van der Waals surface area contributed by atoms with Crippen LogP contribution in [0.5, 0.6) is 0 Å². The first-order valence-electron chi connectivity index (χ1n) is 29.5. The van der Waals surface area contributed by atoms with Gasteiger partial charge < -0.3 is 84.4 Å². The molecule has 0 saturated heterocycles. The quantitative estimate of drug-likeness (QED) is 0.0357. The topological polar surface area (TPSA) is 60.7 Å². The van der Waals surface area contributed by atoms with Crippen molar-refractivity contribution in [3.8, 4) is 0 Å². The van der Waals surface area contributed by atoms with Crippen molar-refractivity contribution in [2.75, 3.05) is 168 Å². The molecule has 0 atom stereocenters. The van der Waals surface area contributed by atoms with Crippen LogP contribution < -0.4 is 0 Å². The molecular weight excluding hydrogens is 1460 g/mol. The molecular formula is C50H122B4F16O3P8Pd2. The third kappa shape index (κ3) is 168. The zero-order chi connectivity index (χ0) is 66.5. The van der Waals surface area contributed by atoms with Crippen molar-refractivity contribution >= 4 is 92.4 Å². The van der Waals surface area contributed by atoms with Crippen LogP contribution >= 0.6 is 63.4 Å². The van der Waals surface area contributed by atoms with Crippen molar-refractivity contribution < 1.29 is 125 Å².